The number of hydrogen-bond acceptors (Lipinski definition) is 2. The van der Waals surface area contributed by atoms with Crippen molar-refractivity contribution in [1.82, 2.24) is 5.32 Å². The molecule has 2 rings (SSSR count). The van der Waals surface area contributed by atoms with Crippen molar-refractivity contribution in [2.75, 3.05) is 6.54 Å². The van der Waals surface area contributed by atoms with Crippen molar-refractivity contribution in [2.45, 2.75) is 6.92 Å². The highest BCUT2D eigenvalue weighted by Crippen LogP contribution is 2.22. The van der Waals surface area contributed by atoms with Crippen LogP contribution in [0, 0.1) is 0 Å². The van der Waals surface area contributed by atoms with Crippen molar-refractivity contribution in [1.29, 1.82) is 0 Å². The molecule has 0 fully saturated rings. The Hall–Kier alpha value is -2.55. The van der Waals surface area contributed by atoms with Crippen LogP contribution in [-0.2, 0) is 4.79 Å². The second-order valence-corrected chi connectivity index (χ2v) is 4.38. The molecular weight excluding hydrogens is 248 g/mol. The summed E-state index contributed by atoms with van der Waals surface area (Å²) in [6.45, 7) is 2.45. The van der Waals surface area contributed by atoms with E-state index in [1.807, 2.05) is 67.6 Å². The van der Waals surface area contributed by atoms with E-state index in [1.54, 1.807) is 0 Å². The molecule has 1 amide bonds. The van der Waals surface area contributed by atoms with E-state index in [2.05, 4.69) is 5.32 Å². The molecule has 0 radical (unpaired) electrons. The first kappa shape index (κ1) is 13.9. The first-order chi connectivity index (χ1) is 9.74. The summed E-state index contributed by atoms with van der Waals surface area (Å²) in [5.41, 5.74) is 8.89. The molecule has 0 aromatic heterocycles. The summed E-state index contributed by atoms with van der Waals surface area (Å²) >= 11 is 0. The molecule has 0 aliphatic heterocycles. The lowest BCUT2D eigenvalue weighted by molar-refractivity contribution is -0.115. The van der Waals surface area contributed by atoms with Crippen molar-refractivity contribution < 1.29 is 4.79 Å². The third-order valence-corrected chi connectivity index (χ3v) is 2.98. The van der Waals surface area contributed by atoms with Gasteiger partial charge in [0.15, 0.2) is 0 Å². The van der Waals surface area contributed by atoms with Crippen LogP contribution in [0.1, 0.15) is 18.1 Å². The largest absolute Gasteiger partial charge is 0.398 e. The predicted octanol–water partition coefficient (Wildman–Crippen LogP) is 2.65. The second-order valence-electron chi connectivity index (χ2n) is 4.38. The minimum absolute atomic E-state index is 0.153. The third kappa shape index (κ3) is 3.06. The molecule has 2 aromatic carbocycles. The van der Waals surface area contributed by atoms with Crippen molar-refractivity contribution in [3.8, 4) is 0 Å². The molecule has 0 spiro atoms. The minimum Gasteiger partial charge on any atom is -0.398 e. The normalized spacial score (nSPS) is 11.7. The van der Waals surface area contributed by atoms with Crippen LogP contribution in [0.5, 0.6) is 0 Å². The third-order valence-electron chi connectivity index (χ3n) is 2.98. The lowest BCUT2D eigenvalue weighted by Gasteiger charge is -2.12. The van der Waals surface area contributed by atoms with Gasteiger partial charge in [-0.2, -0.15) is 0 Å². The number of amides is 1. The van der Waals surface area contributed by atoms with Gasteiger partial charge in [-0.3, -0.25) is 4.79 Å². The summed E-state index contributed by atoms with van der Waals surface area (Å²) in [7, 11) is 0. The van der Waals surface area contributed by atoms with Crippen molar-refractivity contribution in [2.24, 2.45) is 5.73 Å². The fraction of sp³-hybridized carbons (Fsp3) is 0.118. The first-order valence-electron chi connectivity index (χ1n) is 6.62. The summed E-state index contributed by atoms with van der Waals surface area (Å²) in [6.07, 6.45) is 0. The fourth-order valence-corrected chi connectivity index (χ4v) is 2.02. The number of carbonyl (C=O) groups is 1. The quantitative estimate of drug-likeness (QED) is 0.660. The number of nitrogens with two attached hydrogens (primary N) is 1. The van der Waals surface area contributed by atoms with E-state index in [-0.39, 0.29) is 5.91 Å². The molecule has 0 bridgehead atoms. The van der Waals surface area contributed by atoms with E-state index >= 15 is 0 Å². The molecule has 2 aromatic rings. The second kappa shape index (κ2) is 6.57. The molecule has 0 aliphatic rings. The number of benzene rings is 2. The molecule has 0 heterocycles. The number of rotatable bonds is 4. The van der Waals surface area contributed by atoms with Crippen LogP contribution in [0.15, 0.2) is 60.7 Å². The van der Waals surface area contributed by atoms with Gasteiger partial charge in [-0.25, -0.2) is 0 Å². The molecular formula is C17H18N2O. The Kier molecular flexibility index (Phi) is 4.56. The molecule has 3 heteroatoms. The fourth-order valence-electron chi connectivity index (χ4n) is 2.02. The molecule has 0 saturated heterocycles. The maximum absolute atomic E-state index is 12.3. The maximum atomic E-state index is 12.3. The Labute approximate surface area is 119 Å². The summed E-state index contributed by atoms with van der Waals surface area (Å²) in [6, 6.07) is 19.0. The van der Waals surface area contributed by atoms with Gasteiger partial charge >= 0.3 is 0 Å². The minimum atomic E-state index is -0.153. The van der Waals surface area contributed by atoms with Gasteiger partial charge in [0.1, 0.15) is 0 Å². The first-order valence-corrected chi connectivity index (χ1v) is 6.62. The molecule has 0 aliphatic carbocycles. The lowest BCUT2D eigenvalue weighted by atomic mass is 9.99. The molecule has 0 saturated carbocycles. The van der Waals surface area contributed by atoms with Gasteiger partial charge in [0.25, 0.3) is 5.91 Å². The summed E-state index contributed by atoms with van der Waals surface area (Å²) in [5, 5.41) is 2.82. The van der Waals surface area contributed by atoms with Crippen molar-refractivity contribution >= 4 is 17.2 Å². The monoisotopic (exact) mass is 266 g/mol. The summed E-state index contributed by atoms with van der Waals surface area (Å²) < 4.78 is 0. The number of carbonyl (C=O) groups excluding carboxylic acids is 1. The zero-order chi connectivity index (χ0) is 14.4. The van der Waals surface area contributed by atoms with E-state index in [1.165, 1.54) is 0 Å². The van der Waals surface area contributed by atoms with E-state index in [9.17, 15) is 4.79 Å². The summed E-state index contributed by atoms with van der Waals surface area (Å²) in [4.78, 5) is 12.3. The van der Waals surface area contributed by atoms with Crippen LogP contribution in [0.25, 0.3) is 11.3 Å². The van der Waals surface area contributed by atoms with Gasteiger partial charge in [-0.05, 0) is 18.1 Å². The number of nitrogens with one attached hydrogen (secondary N) is 1. The molecule has 3 N–H and O–H groups in total. The van der Waals surface area contributed by atoms with Crippen LogP contribution < -0.4 is 11.1 Å². The van der Waals surface area contributed by atoms with E-state index in [4.69, 9.17) is 5.73 Å². The average Bonchev–Trinajstić information content (AvgIpc) is 2.50. The molecule has 20 heavy (non-hydrogen) atoms. The Balaban J connectivity index is 2.54. The van der Waals surface area contributed by atoms with Gasteiger partial charge < -0.3 is 11.1 Å². The van der Waals surface area contributed by atoms with Crippen LogP contribution in [0.2, 0.25) is 0 Å². The van der Waals surface area contributed by atoms with E-state index in [0.29, 0.717) is 17.8 Å². The summed E-state index contributed by atoms with van der Waals surface area (Å²) in [5.74, 6) is -0.153. The van der Waals surface area contributed by atoms with Crippen LogP contribution in [0.3, 0.4) is 0 Å². The lowest BCUT2D eigenvalue weighted by Crippen LogP contribution is -2.25. The van der Waals surface area contributed by atoms with Crippen molar-refractivity contribution in [3.63, 3.8) is 0 Å². The van der Waals surface area contributed by atoms with Gasteiger partial charge in [0.2, 0.25) is 0 Å². The zero-order valence-corrected chi connectivity index (χ0v) is 11.5. The molecule has 102 valence electrons. The van der Waals surface area contributed by atoms with Gasteiger partial charge in [0, 0.05) is 6.54 Å². The predicted molar refractivity (Wildman–Crippen MR) is 82.6 cm³/mol. The molecule has 0 atom stereocenters. The zero-order valence-electron chi connectivity index (χ0n) is 11.5. The molecule has 3 nitrogen and oxygen atoms in total. The maximum Gasteiger partial charge on any atom is 0.253 e. The SMILES string of the molecule is CCNC(=O)/C(=C(/N)c1ccccc1)c1ccccc1. The standard InChI is InChI=1S/C17H18N2O/c1-2-19-17(20)15(13-9-5-3-6-10-13)16(18)14-11-7-4-8-12-14/h3-12H,2,18H2,1H3,(H,19,20)/b16-15+. The van der Waals surface area contributed by atoms with Gasteiger partial charge in [0.05, 0.1) is 11.3 Å². The molecule has 0 unspecified atom stereocenters. The highest BCUT2D eigenvalue weighted by atomic mass is 16.1. The van der Waals surface area contributed by atoms with Crippen LogP contribution in [-0.4, -0.2) is 12.5 Å². The Morgan fingerprint density at radius 3 is 1.95 bits per heavy atom. The van der Waals surface area contributed by atoms with Gasteiger partial charge in [-0.15, -0.1) is 0 Å². The smallest absolute Gasteiger partial charge is 0.253 e. The highest BCUT2D eigenvalue weighted by Gasteiger charge is 2.16. The van der Waals surface area contributed by atoms with E-state index < -0.39 is 0 Å². The van der Waals surface area contributed by atoms with E-state index in [0.717, 1.165) is 11.1 Å². The Morgan fingerprint density at radius 2 is 1.45 bits per heavy atom. The Morgan fingerprint density at radius 1 is 0.950 bits per heavy atom. The Bertz CT molecular complexity index is 603. The van der Waals surface area contributed by atoms with Crippen LogP contribution in [0.4, 0.5) is 0 Å². The van der Waals surface area contributed by atoms with Crippen molar-refractivity contribution in [3.05, 3.63) is 71.8 Å². The highest BCUT2D eigenvalue weighted by molar-refractivity contribution is 6.26. The topological polar surface area (TPSA) is 55.1 Å². The van der Waals surface area contributed by atoms with Gasteiger partial charge in [-0.1, -0.05) is 60.7 Å². The van der Waals surface area contributed by atoms with Crippen LogP contribution >= 0.6 is 0 Å². The number of hydrogen-bond donors (Lipinski definition) is 2. The number of likely N-dealkylation sites (N-methyl/N-ethyl adjacent to an activating group) is 1. The average molecular weight is 266 g/mol.